The monoisotopic (exact) mass is 444 g/mol. The van der Waals surface area contributed by atoms with Gasteiger partial charge in [-0.1, -0.05) is 6.07 Å². The highest BCUT2D eigenvalue weighted by Crippen LogP contribution is 2.33. The van der Waals surface area contributed by atoms with Crippen molar-refractivity contribution in [3.63, 3.8) is 0 Å². The van der Waals surface area contributed by atoms with Crippen molar-refractivity contribution in [2.45, 2.75) is 26.7 Å². The fraction of sp³-hybridized carbons (Fsp3) is 0.333. The summed E-state index contributed by atoms with van der Waals surface area (Å²) in [6.45, 7) is 3.85. The third-order valence-corrected chi connectivity index (χ3v) is 5.78. The number of carbonyl (C=O) groups is 2. The zero-order chi connectivity index (χ0) is 22.4. The molecular formula is C21H24N4O5S. The smallest absolute Gasteiger partial charge is 0.348 e. The third-order valence-electron chi connectivity index (χ3n) is 4.60. The Bertz CT molecular complexity index is 1100. The fourth-order valence-electron chi connectivity index (χ4n) is 3.04. The molecule has 164 valence electrons. The van der Waals surface area contributed by atoms with E-state index in [2.05, 4.69) is 20.8 Å². The van der Waals surface area contributed by atoms with Crippen molar-refractivity contribution in [2.24, 2.45) is 0 Å². The molecule has 1 aromatic carbocycles. The van der Waals surface area contributed by atoms with Gasteiger partial charge in [0.25, 0.3) is 0 Å². The first-order valence-electron chi connectivity index (χ1n) is 9.65. The number of ether oxygens (including phenoxy) is 3. The van der Waals surface area contributed by atoms with Crippen LogP contribution in [0, 0.1) is 6.92 Å². The second kappa shape index (κ2) is 10.1. The molecule has 0 aliphatic carbocycles. The summed E-state index contributed by atoms with van der Waals surface area (Å²) in [5, 5.41) is 0.677. The van der Waals surface area contributed by atoms with Crippen molar-refractivity contribution in [3.8, 4) is 11.5 Å². The molecule has 0 radical (unpaired) electrons. The summed E-state index contributed by atoms with van der Waals surface area (Å²) in [4.78, 5) is 34.0. The van der Waals surface area contributed by atoms with Crippen molar-refractivity contribution in [1.29, 1.82) is 0 Å². The predicted octanol–water partition coefficient (Wildman–Crippen LogP) is 3.27. The van der Waals surface area contributed by atoms with Gasteiger partial charge in [0.05, 0.1) is 26.2 Å². The first-order chi connectivity index (χ1) is 15.0. The van der Waals surface area contributed by atoms with Gasteiger partial charge in [0.15, 0.2) is 17.3 Å². The largest absolute Gasteiger partial charge is 0.493 e. The summed E-state index contributed by atoms with van der Waals surface area (Å²) in [5.74, 6) is 1.08. The van der Waals surface area contributed by atoms with Crippen LogP contribution < -0.4 is 20.3 Å². The molecule has 0 unspecified atom stereocenters. The van der Waals surface area contributed by atoms with E-state index in [-0.39, 0.29) is 12.3 Å². The number of nitrogens with zero attached hydrogens (tertiary/aromatic N) is 2. The SMILES string of the molecule is CCOC(=O)c1sc2ncnc(NNC(=O)CCc3ccc(OC)c(OC)c3)c2c1C. The molecule has 10 heteroatoms. The predicted molar refractivity (Wildman–Crippen MR) is 118 cm³/mol. The summed E-state index contributed by atoms with van der Waals surface area (Å²) in [5.41, 5.74) is 7.16. The Kier molecular flexibility index (Phi) is 7.24. The Morgan fingerprint density at radius 1 is 1.13 bits per heavy atom. The van der Waals surface area contributed by atoms with Crippen LogP contribution in [-0.2, 0) is 16.0 Å². The number of anilines is 1. The number of aromatic nitrogens is 2. The number of benzene rings is 1. The van der Waals surface area contributed by atoms with E-state index in [1.54, 1.807) is 28.1 Å². The summed E-state index contributed by atoms with van der Waals surface area (Å²) in [6.07, 6.45) is 2.16. The molecule has 2 aromatic heterocycles. The minimum Gasteiger partial charge on any atom is -0.493 e. The number of hydrazine groups is 1. The van der Waals surface area contributed by atoms with Gasteiger partial charge in [-0.2, -0.15) is 0 Å². The molecule has 31 heavy (non-hydrogen) atoms. The highest BCUT2D eigenvalue weighted by Gasteiger charge is 2.20. The van der Waals surface area contributed by atoms with Gasteiger partial charge >= 0.3 is 5.97 Å². The maximum atomic E-state index is 12.3. The third kappa shape index (κ3) is 5.02. The van der Waals surface area contributed by atoms with Gasteiger partial charge in [0.1, 0.15) is 16.0 Å². The second-order valence-electron chi connectivity index (χ2n) is 6.54. The van der Waals surface area contributed by atoms with Crippen molar-refractivity contribution >= 4 is 39.2 Å². The number of hydrogen-bond acceptors (Lipinski definition) is 9. The second-order valence-corrected chi connectivity index (χ2v) is 7.54. The molecular weight excluding hydrogens is 420 g/mol. The Morgan fingerprint density at radius 3 is 2.61 bits per heavy atom. The van der Waals surface area contributed by atoms with Crippen molar-refractivity contribution < 1.29 is 23.8 Å². The Morgan fingerprint density at radius 2 is 1.90 bits per heavy atom. The lowest BCUT2D eigenvalue weighted by atomic mass is 10.1. The van der Waals surface area contributed by atoms with Gasteiger partial charge in [-0.25, -0.2) is 14.8 Å². The lowest BCUT2D eigenvalue weighted by Gasteiger charge is -2.11. The molecule has 0 bridgehead atoms. The first-order valence-corrected chi connectivity index (χ1v) is 10.5. The molecule has 0 saturated heterocycles. The van der Waals surface area contributed by atoms with E-state index in [9.17, 15) is 9.59 Å². The molecule has 0 aliphatic rings. The average molecular weight is 445 g/mol. The van der Waals surface area contributed by atoms with Crippen LogP contribution in [-0.4, -0.2) is 42.7 Å². The highest BCUT2D eigenvalue weighted by molar-refractivity contribution is 7.20. The number of nitrogens with one attached hydrogen (secondary N) is 2. The minimum absolute atomic E-state index is 0.208. The van der Waals surface area contributed by atoms with E-state index >= 15 is 0 Å². The van der Waals surface area contributed by atoms with Crippen molar-refractivity contribution in [1.82, 2.24) is 15.4 Å². The Hall–Kier alpha value is -3.40. The van der Waals surface area contributed by atoms with E-state index in [1.165, 1.54) is 17.7 Å². The van der Waals surface area contributed by atoms with E-state index in [1.807, 2.05) is 18.2 Å². The Labute approximate surface area is 183 Å². The van der Waals surface area contributed by atoms with Gasteiger partial charge in [-0.15, -0.1) is 11.3 Å². The number of amides is 1. The number of hydrogen-bond donors (Lipinski definition) is 2. The van der Waals surface area contributed by atoms with Gasteiger partial charge in [0, 0.05) is 6.42 Å². The van der Waals surface area contributed by atoms with Crippen LogP contribution in [0.2, 0.25) is 0 Å². The molecule has 0 fully saturated rings. The molecule has 0 aliphatic heterocycles. The number of methoxy groups -OCH3 is 2. The topological polar surface area (TPSA) is 112 Å². The molecule has 9 nitrogen and oxygen atoms in total. The van der Waals surface area contributed by atoms with Gasteiger partial charge in [0.2, 0.25) is 5.91 Å². The lowest BCUT2D eigenvalue weighted by Crippen LogP contribution is -2.30. The van der Waals surface area contributed by atoms with Crippen LogP contribution in [0.1, 0.15) is 34.1 Å². The minimum atomic E-state index is -0.395. The maximum Gasteiger partial charge on any atom is 0.348 e. The van der Waals surface area contributed by atoms with E-state index in [4.69, 9.17) is 14.2 Å². The van der Waals surface area contributed by atoms with Crippen LogP contribution in [0.3, 0.4) is 0 Å². The van der Waals surface area contributed by atoms with E-state index in [0.717, 1.165) is 5.56 Å². The number of aryl methyl sites for hydroxylation is 2. The van der Waals surface area contributed by atoms with Gasteiger partial charge < -0.3 is 14.2 Å². The van der Waals surface area contributed by atoms with Crippen molar-refractivity contribution in [2.75, 3.05) is 26.3 Å². The average Bonchev–Trinajstić information content (AvgIpc) is 3.13. The number of esters is 1. The molecule has 3 rings (SSSR count). The highest BCUT2D eigenvalue weighted by atomic mass is 32.1. The molecule has 0 atom stereocenters. The van der Waals surface area contributed by atoms with Crippen LogP contribution >= 0.6 is 11.3 Å². The summed E-state index contributed by atoms with van der Waals surface area (Å²) in [7, 11) is 3.14. The van der Waals surface area contributed by atoms with Gasteiger partial charge in [-0.3, -0.25) is 15.6 Å². The molecule has 2 N–H and O–H groups in total. The number of fused-ring (bicyclic) bond motifs is 1. The van der Waals surface area contributed by atoms with Crippen LogP contribution in [0.15, 0.2) is 24.5 Å². The van der Waals surface area contributed by atoms with Gasteiger partial charge in [-0.05, 0) is 43.5 Å². The lowest BCUT2D eigenvalue weighted by molar-refractivity contribution is -0.120. The first kappa shape index (κ1) is 22.3. The molecule has 1 amide bonds. The number of rotatable bonds is 9. The zero-order valence-electron chi connectivity index (χ0n) is 17.8. The summed E-state index contributed by atoms with van der Waals surface area (Å²) < 4.78 is 15.6. The van der Waals surface area contributed by atoms with Crippen LogP contribution in [0.25, 0.3) is 10.2 Å². The Balaban J connectivity index is 1.66. The quantitative estimate of drug-likeness (QED) is 0.382. The van der Waals surface area contributed by atoms with Crippen molar-refractivity contribution in [3.05, 3.63) is 40.5 Å². The summed E-state index contributed by atoms with van der Waals surface area (Å²) in [6, 6.07) is 5.54. The van der Waals surface area contributed by atoms with E-state index < -0.39 is 5.97 Å². The number of thiophene rings is 1. The molecule has 3 aromatic rings. The number of carbonyl (C=O) groups excluding carboxylic acids is 2. The fourth-order valence-corrected chi connectivity index (χ4v) is 4.09. The molecule has 0 spiro atoms. The van der Waals surface area contributed by atoms with Crippen LogP contribution in [0.4, 0.5) is 5.82 Å². The standard InChI is InChI=1S/C21H24N4O5S/c1-5-30-21(27)18-12(2)17-19(22-11-23-20(17)31-18)25-24-16(26)9-7-13-6-8-14(28-3)15(10-13)29-4/h6,8,10-11H,5,7,9H2,1-4H3,(H,24,26)(H,22,23,25). The molecule has 0 saturated carbocycles. The van der Waals surface area contributed by atoms with E-state index in [0.29, 0.717) is 51.0 Å². The normalized spacial score (nSPS) is 10.6. The van der Waals surface area contributed by atoms with Crippen LogP contribution in [0.5, 0.6) is 11.5 Å². The molecule has 2 heterocycles. The zero-order valence-corrected chi connectivity index (χ0v) is 18.6. The maximum absolute atomic E-state index is 12.3. The summed E-state index contributed by atoms with van der Waals surface area (Å²) >= 11 is 1.23.